The molecule has 0 aromatic heterocycles. The van der Waals surface area contributed by atoms with Gasteiger partial charge in [-0.05, 0) is 38.2 Å². The summed E-state index contributed by atoms with van der Waals surface area (Å²) in [6, 6.07) is 8.43. The number of benzene rings is 1. The second-order valence-corrected chi connectivity index (χ2v) is 9.50. The molecule has 1 saturated heterocycles. The van der Waals surface area contributed by atoms with Gasteiger partial charge in [-0.15, -0.1) is 0 Å². The summed E-state index contributed by atoms with van der Waals surface area (Å²) in [6.45, 7) is 7.62. The quantitative estimate of drug-likeness (QED) is 0.500. The summed E-state index contributed by atoms with van der Waals surface area (Å²) in [7, 11) is 2.01. The van der Waals surface area contributed by atoms with Crippen LogP contribution in [0.3, 0.4) is 0 Å². The molecule has 2 radical (unpaired) electrons. The van der Waals surface area contributed by atoms with Crippen LogP contribution in [0.2, 0.25) is 0 Å². The van der Waals surface area contributed by atoms with E-state index < -0.39 is 25.3 Å². The van der Waals surface area contributed by atoms with Crippen LogP contribution in [0.25, 0.3) is 0 Å². The van der Waals surface area contributed by atoms with Crippen molar-refractivity contribution in [3.8, 4) is 0 Å². The molecule has 2 unspecified atom stereocenters. The van der Waals surface area contributed by atoms with Gasteiger partial charge in [-0.1, -0.05) is 44.2 Å². The van der Waals surface area contributed by atoms with Crippen molar-refractivity contribution in [1.82, 2.24) is 5.09 Å². The Morgan fingerprint density at radius 1 is 1.30 bits per heavy atom. The molecule has 1 aromatic carbocycles. The Hall–Kier alpha value is -1.14. The lowest BCUT2D eigenvalue weighted by Gasteiger charge is -2.27. The largest absolute Gasteiger partial charge is 0.453 e. The summed E-state index contributed by atoms with van der Waals surface area (Å²) in [4.78, 5) is 12.6. The molecule has 0 amide bonds. The average Bonchev–Trinajstić information content (AvgIpc) is 2.90. The van der Waals surface area contributed by atoms with Crippen molar-refractivity contribution in [2.75, 3.05) is 0 Å². The Morgan fingerprint density at radius 2 is 1.96 bits per heavy atom. The second-order valence-electron chi connectivity index (χ2n) is 7.56. The van der Waals surface area contributed by atoms with E-state index in [1.54, 1.807) is 13.8 Å². The highest BCUT2D eigenvalue weighted by atomic mass is 31.2. The SMILES string of the molecule is [B][C@H]1CC(NP(=O)(OC(C)C)C(=O)OCc2ccccc2)[C@@H](CC(C)C)O1. The van der Waals surface area contributed by atoms with Gasteiger partial charge >= 0.3 is 13.2 Å². The van der Waals surface area contributed by atoms with Gasteiger partial charge in [-0.3, -0.25) is 4.57 Å². The summed E-state index contributed by atoms with van der Waals surface area (Å²) in [5.74, 6) is 0.375. The monoisotopic (exact) mass is 393 g/mol. The van der Waals surface area contributed by atoms with Crippen LogP contribution in [0.15, 0.2) is 30.3 Å². The van der Waals surface area contributed by atoms with Crippen LogP contribution in [-0.2, 0) is 25.2 Å². The van der Waals surface area contributed by atoms with Crippen LogP contribution < -0.4 is 5.09 Å². The van der Waals surface area contributed by atoms with E-state index >= 15 is 0 Å². The molecule has 0 bridgehead atoms. The summed E-state index contributed by atoms with van der Waals surface area (Å²) in [5, 5.41) is 2.90. The van der Waals surface area contributed by atoms with Gasteiger partial charge in [0.2, 0.25) is 0 Å². The summed E-state index contributed by atoms with van der Waals surface area (Å²) >= 11 is 0. The van der Waals surface area contributed by atoms with Gasteiger partial charge in [-0.25, -0.2) is 9.88 Å². The molecular formula is C19H29BNO5P. The van der Waals surface area contributed by atoms with Crippen molar-refractivity contribution >= 4 is 21.1 Å². The molecule has 27 heavy (non-hydrogen) atoms. The zero-order chi connectivity index (χ0) is 20.0. The fourth-order valence-corrected chi connectivity index (χ4v) is 4.83. The molecule has 1 aliphatic rings. The first-order chi connectivity index (χ1) is 12.7. The number of nitrogens with one attached hydrogen (secondary N) is 1. The third kappa shape index (κ3) is 6.76. The Morgan fingerprint density at radius 3 is 2.56 bits per heavy atom. The Labute approximate surface area is 163 Å². The maximum absolute atomic E-state index is 13.3. The lowest BCUT2D eigenvalue weighted by Crippen LogP contribution is -2.37. The standard InChI is InChI=1S/C19H29BNO5P/c1-13(2)10-17-16(11-18(20)25-17)21-27(23,26-14(3)4)19(22)24-12-15-8-6-5-7-9-15/h5-9,13-14,16-18H,10-12H2,1-4H3,(H,21,23)/t16?,17-,18-,27?/m1/s1. The van der Waals surface area contributed by atoms with Crippen molar-refractivity contribution in [1.29, 1.82) is 0 Å². The Bertz CT molecular complexity index is 655. The molecule has 0 spiro atoms. The number of hydrogen-bond donors (Lipinski definition) is 1. The van der Waals surface area contributed by atoms with Crippen LogP contribution in [-0.4, -0.2) is 37.8 Å². The van der Waals surface area contributed by atoms with E-state index in [4.69, 9.17) is 21.8 Å². The minimum Gasteiger partial charge on any atom is -0.453 e. The predicted octanol–water partition coefficient (Wildman–Crippen LogP) is 4.23. The fourth-order valence-electron chi connectivity index (χ4n) is 3.04. The zero-order valence-corrected chi connectivity index (χ0v) is 17.4. The van der Waals surface area contributed by atoms with Gasteiger partial charge in [0.05, 0.1) is 12.2 Å². The van der Waals surface area contributed by atoms with E-state index in [-0.39, 0.29) is 18.8 Å². The number of rotatable bonds is 9. The smallest absolute Gasteiger partial charge is 0.408 e. The molecule has 0 saturated carbocycles. The lowest BCUT2D eigenvalue weighted by molar-refractivity contribution is 0.0647. The van der Waals surface area contributed by atoms with Gasteiger partial charge in [-0.2, -0.15) is 0 Å². The van der Waals surface area contributed by atoms with Crippen LogP contribution in [0.1, 0.15) is 46.1 Å². The molecular weight excluding hydrogens is 364 g/mol. The van der Waals surface area contributed by atoms with E-state index in [0.717, 1.165) is 12.0 Å². The van der Waals surface area contributed by atoms with E-state index in [2.05, 4.69) is 18.9 Å². The molecule has 1 N–H and O–H groups in total. The van der Waals surface area contributed by atoms with Crippen LogP contribution in [0.5, 0.6) is 0 Å². The van der Waals surface area contributed by atoms with Crippen LogP contribution >= 0.6 is 7.52 Å². The predicted molar refractivity (Wildman–Crippen MR) is 106 cm³/mol. The highest BCUT2D eigenvalue weighted by molar-refractivity contribution is 7.73. The normalized spacial score (nSPS) is 24.9. The topological polar surface area (TPSA) is 73.9 Å². The maximum Gasteiger partial charge on any atom is 0.408 e. The van der Waals surface area contributed by atoms with Gasteiger partial charge in [0.15, 0.2) is 0 Å². The van der Waals surface area contributed by atoms with E-state index in [1.165, 1.54) is 0 Å². The van der Waals surface area contributed by atoms with E-state index in [9.17, 15) is 9.36 Å². The van der Waals surface area contributed by atoms with Crippen molar-refractivity contribution in [3.05, 3.63) is 35.9 Å². The third-order valence-corrected chi connectivity index (χ3v) is 6.13. The molecule has 1 heterocycles. The molecule has 1 fully saturated rings. The molecule has 4 atom stereocenters. The van der Waals surface area contributed by atoms with E-state index in [0.29, 0.717) is 12.3 Å². The first kappa shape index (κ1) is 22.2. The van der Waals surface area contributed by atoms with Crippen molar-refractivity contribution < 1.29 is 23.4 Å². The highest BCUT2D eigenvalue weighted by Crippen LogP contribution is 2.48. The number of carbonyl (C=O) groups is 1. The number of carbonyl (C=O) groups excluding carboxylic acids is 1. The fraction of sp³-hybridized carbons (Fsp3) is 0.632. The minimum absolute atomic E-state index is 0.0307. The number of hydrogen-bond acceptors (Lipinski definition) is 5. The zero-order valence-electron chi connectivity index (χ0n) is 16.5. The van der Waals surface area contributed by atoms with Crippen molar-refractivity contribution in [3.63, 3.8) is 0 Å². The molecule has 148 valence electrons. The van der Waals surface area contributed by atoms with Gasteiger partial charge in [0.1, 0.15) is 14.5 Å². The van der Waals surface area contributed by atoms with Crippen LogP contribution in [0, 0.1) is 5.92 Å². The van der Waals surface area contributed by atoms with E-state index in [1.807, 2.05) is 30.3 Å². The molecule has 1 aromatic rings. The first-order valence-electron chi connectivity index (χ1n) is 9.38. The molecule has 8 heteroatoms. The molecule has 6 nitrogen and oxygen atoms in total. The molecule has 1 aliphatic heterocycles. The van der Waals surface area contributed by atoms with Crippen LogP contribution in [0.4, 0.5) is 4.79 Å². The Kier molecular flexibility index (Phi) is 8.11. The summed E-state index contributed by atoms with van der Waals surface area (Å²) in [6.07, 6.45) is 0.555. The highest BCUT2D eigenvalue weighted by Gasteiger charge is 2.43. The average molecular weight is 393 g/mol. The molecule has 2 rings (SSSR count). The van der Waals surface area contributed by atoms with Gasteiger partial charge < -0.3 is 14.0 Å². The minimum atomic E-state index is -3.91. The molecule has 0 aliphatic carbocycles. The summed E-state index contributed by atoms with van der Waals surface area (Å²) in [5.41, 5.74) is -0.0744. The third-order valence-electron chi connectivity index (χ3n) is 4.13. The van der Waals surface area contributed by atoms with Crippen molar-refractivity contribution in [2.45, 2.75) is 71.4 Å². The second kappa shape index (κ2) is 9.88. The Balaban J connectivity index is 2.09. The maximum atomic E-state index is 13.3. The van der Waals surface area contributed by atoms with Gasteiger partial charge in [0.25, 0.3) is 0 Å². The van der Waals surface area contributed by atoms with Crippen molar-refractivity contribution in [2.24, 2.45) is 5.92 Å². The summed E-state index contributed by atoms with van der Waals surface area (Å²) < 4.78 is 29.9. The van der Waals surface area contributed by atoms with Gasteiger partial charge in [0, 0.05) is 12.0 Å². The number of ether oxygens (including phenoxy) is 2. The lowest BCUT2D eigenvalue weighted by atomic mass is 9.94. The first-order valence-corrected chi connectivity index (χ1v) is 11.0.